The van der Waals surface area contributed by atoms with E-state index in [1.165, 1.54) is 24.3 Å². The van der Waals surface area contributed by atoms with Crippen LogP contribution < -0.4 is 20.3 Å². The molecule has 0 aromatic heterocycles. The average Bonchev–Trinajstić information content (AvgIpc) is 2.63. The van der Waals surface area contributed by atoms with Crippen LogP contribution in [0.1, 0.15) is 12.5 Å². The normalized spacial score (nSPS) is 11.8. The van der Waals surface area contributed by atoms with Gasteiger partial charge in [0, 0.05) is 11.4 Å². The fourth-order valence-corrected chi connectivity index (χ4v) is 2.68. The molecule has 1 unspecified atom stereocenters. The Hall–Kier alpha value is -3.00. The third kappa shape index (κ3) is 6.96. The van der Waals surface area contributed by atoms with Gasteiger partial charge in [0.05, 0.1) is 7.05 Å². The number of carbonyl (C=O) groups excluding carboxylic acids is 2. The Bertz CT molecular complexity index is 798. The number of benzene rings is 2. The van der Waals surface area contributed by atoms with E-state index in [0.717, 1.165) is 17.7 Å². The van der Waals surface area contributed by atoms with Crippen molar-refractivity contribution in [1.82, 2.24) is 0 Å². The minimum atomic E-state index is -2.90. The summed E-state index contributed by atoms with van der Waals surface area (Å²) in [5.74, 6) is -0.457. The molecule has 2 aromatic carbocycles. The number of nitrogens with one attached hydrogen (secondary N) is 3. The van der Waals surface area contributed by atoms with Crippen molar-refractivity contribution in [2.75, 3.05) is 30.8 Å². The number of halogens is 2. The fraction of sp³-hybridized carbons (Fsp3) is 0.300. The monoisotopic (exact) mass is 392 g/mol. The molecule has 2 amide bonds. The van der Waals surface area contributed by atoms with Crippen LogP contribution in [-0.4, -0.2) is 38.6 Å². The quantitative estimate of drug-likeness (QED) is 0.611. The van der Waals surface area contributed by atoms with E-state index >= 15 is 0 Å². The fourth-order valence-electron chi connectivity index (χ4n) is 2.68. The van der Waals surface area contributed by atoms with Crippen LogP contribution in [0.3, 0.4) is 0 Å². The molecule has 0 saturated heterocycles. The molecule has 150 valence electrons. The van der Waals surface area contributed by atoms with Gasteiger partial charge in [-0.1, -0.05) is 25.1 Å². The van der Waals surface area contributed by atoms with Gasteiger partial charge in [0.25, 0.3) is 11.8 Å². The second kappa shape index (κ2) is 10.4. The molecular formula is C20H24F2N3O3+. The molecule has 0 bridgehead atoms. The maximum Gasteiger partial charge on any atom is 0.387 e. The number of para-hydroxylation sites is 1. The zero-order valence-corrected chi connectivity index (χ0v) is 15.8. The van der Waals surface area contributed by atoms with Crippen LogP contribution >= 0.6 is 0 Å². The molecule has 1 atom stereocenters. The number of hydrogen-bond donors (Lipinski definition) is 3. The molecular weight excluding hydrogens is 368 g/mol. The average molecular weight is 392 g/mol. The minimum absolute atomic E-state index is 0.0137. The van der Waals surface area contributed by atoms with E-state index in [9.17, 15) is 18.4 Å². The van der Waals surface area contributed by atoms with E-state index < -0.39 is 6.61 Å². The molecule has 2 aromatic rings. The number of aryl methyl sites for hydroxylation is 1. The Balaban J connectivity index is 1.81. The van der Waals surface area contributed by atoms with Gasteiger partial charge in [-0.25, -0.2) is 0 Å². The van der Waals surface area contributed by atoms with Crippen LogP contribution in [0.5, 0.6) is 5.75 Å². The third-order valence-electron chi connectivity index (χ3n) is 3.96. The van der Waals surface area contributed by atoms with Crippen LogP contribution in [0.4, 0.5) is 20.2 Å². The molecule has 0 fully saturated rings. The number of quaternary nitrogens is 1. The Morgan fingerprint density at radius 1 is 1.00 bits per heavy atom. The van der Waals surface area contributed by atoms with Crippen LogP contribution in [0.15, 0.2) is 48.5 Å². The topological polar surface area (TPSA) is 71.9 Å². The van der Waals surface area contributed by atoms with Crippen molar-refractivity contribution in [1.29, 1.82) is 0 Å². The molecule has 3 N–H and O–H groups in total. The molecule has 0 aliphatic rings. The first-order chi connectivity index (χ1) is 13.4. The predicted molar refractivity (Wildman–Crippen MR) is 103 cm³/mol. The highest BCUT2D eigenvalue weighted by Crippen LogP contribution is 2.17. The highest BCUT2D eigenvalue weighted by molar-refractivity contribution is 5.93. The Kier molecular flexibility index (Phi) is 7.88. The molecule has 0 aliphatic heterocycles. The van der Waals surface area contributed by atoms with Crippen molar-refractivity contribution >= 4 is 23.2 Å². The lowest BCUT2D eigenvalue weighted by Gasteiger charge is -2.15. The number of hydrogen-bond acceptors (Lipinski definition) is 3. The Morgan fingerprint density at radius 3 is 2.21 bits per heavy atom. The van der Waals surface area contributed by atoms with Crippen LogP contribution in [0.2, 0.25) is 0 Å². The highest BCUT2D eigenvalue weighted by Gasteiger charge is 2.15. The molecule has 0 saturated carbocycles. The molecule has 2 rings (SSSR count). The molecule has 8 heteroatoms. The second-order valence-electron chi connectivity index (χ2n) is 6.32. The van der Waals surface area contributed by atoms with Gasteiger partial charge < -0.3 is 20.3 Å². The standard InChI is InChI=1S/C20H23F2N3O3/c1-3-14-6-4-5-7-17(14)24-19(27)13-25(2)12-18(26)23-15-8-10-16(11-9-15)28-20(21)22/h4-11,20H,3,12-13H2,1-2H3,(H,23,26)(H,24,27)/p+1. The van der Waals surface area contributed by atoms with E-state index in [1.54, 1.807) is 7.05 Å². The third-order valence-corrected chi connectivity index (χ3v) is 3.96. The van der Waals surface area contributed by atoms with Crippen molar-refractivity contribution < 1.29 is 28.0 Å². The summed E-state index contributed by atoms with van der Waals surface area (Å²) in [4.78, 5) is 25.0. The smallest absolute Gasteiger partial charge is 0.387 e. The van der Waals surface area contributed by atoms with Crippen molar-refractivity contribution in [3.05, 3.63) is 54.1 Å². The van der Waals surface area contributed by atoms with Crippen LogP contribution in [0.25, 0.3) is 0 Å². The minimum Gasteiger partial charge on any atom is -0.435 e. The number of anilines is 2. The van der Waals surface area contributed by atoms with Gasteiger partial charge in [0.15, 0.2) is 13.1 Å². The first-order valence-electron chi connectivity index (χ1n) is 8.91. The summed E-state index contributed by atoms with van der Waals surface area (Å²) in [6.07, 6.45) is 0.808. The summed E-state index contributed by atoms with van der Waals surface area (Å²) in [6, 6.07) is 13.2. The van der Waals surface area contributed by atoms with E-state index in [2.05, 4.69) is 15.4 Å². The van der Waals surface area contributed by atoms with Crippen LogP contribution in [-0.2, 0) is 16.0 Å². The zero-order valence-electron chi connectivity index (χ0n) is 15.8. The SMILES string of the molecule is CCc1ccccc1NC(=O)C[NH+](C)CC(=O)Nc1ccc(OC(F)F)cc1. The highest BCUT2D eigenvalue weighted by atomic mass is 19.3. The number of carbonyl (C=O) groups is 2. The molecule has 0 heterocycles. The molecule has 0 aliphatic carbocycles. The van der Waals surface area contributed by atoms with Crippen molar-refractivity contribution in [2.45, 2.75) is 20.0 Å². The maximum absolute atomic E-state index is 12.2. The van der Waals surface area contributed by atoms with Gasteiger partial charge in [-0.2, -0.15) is 8.78 Å². The lowest BCUT2D eigenvalue weighted by Crippen LogP contribution is -3.11. The van der Waals surface area contributed by atoms with E-state index in [1.807, 2.05) is 31.2 Å². The summed E-state index contributed by atoms with van der Waals surface area (Å²) in [6.45, 7) is -0.669. The number of rotatable bonds is 9. The molecule has 6 nitrogen and oxygen atoms in total. The van der Waals surface area contributed by atoms with Gasteiger partial charge in [0.2, 0.25) is 0 Å². The number of alkyl halides is 2. The predicted octanol–water partition coefficient (Wildman–Crippen LogP) is 1.94. The lowest BCUT2D eigenvalue weighted by atomic mass is 10.1. The Labute approximate surface area is 162 Å². The summed E-state index contributed by atoms with van der Waals surface area (Å²) in [7, 11) is 1.74. The van der Waals surface area contributed by atoms with Gasteiger partial charge in [-0.05, 0) is 42.3 Å². The van der Waals surface area contributed by atoms with Gasteiger partial charge in [0.1, 0.15) is 5.75 Å². The number of ether oxygens (including phenoxy) is 1. The summed E-state index contributed by atoms with van der Waals surface area (Å²) < 4.78 is 28.5. The second-order valence-corrected chi connectivity index (χ2v) is 6.32. The molecule has 0 radical (unpaired) electrons. The van der Waals surface area contributed by atoms with Crippen molar-refractivity contribution in [2.24, 2.45) is 0 Å². The first-order valence-corrected chi connectivity index (χ1v) is 8.91. The molecule has 0 spiro atoms. The number of likely N-dealkylation sites (N-methyl/N-ethyl adjacent to an activating group) is 1. The summed E-state index contributed by atoms with van der Waals surface area (Å²) in [5.41, 5.74) is 2.28. The summed E-state index contributed by atoms with van der Waals surface area (Å²) >= 11 is 0. The number of amides is 2. The van der Waals surface area contributed by atoms with Gasteiger partial charge in [-0.3, -0.25) is 9.59 Å². The van der Waals surface area contributed by atoms with E-state index in [0.29, 0.717) is 10.6 Å². The van der Waals surface area contributed by atoms with Crippen molar-refractivity contribution in [3.63, 3.8) is 0 Å². The molecule has 28 heavy (non-hydrogen) atoms. The largest absolute Gasteiger partial charge is 0.435 e. The Morgan fingerprint density at radius 2 is 1.61 bits per heavy atom. The van der Waals surface area contributed by atoms with E-state index in [4.69, 9.17) is 0 Å². The maximum atomic E-state index is 12.2. The van der Waals surface area contributed by atoms with E-state index in [-0.39, 0.29) is 30.7 Å². The van der Waals surface area contributed by atoms with Crippen LogP contribution in [0, 0.1) is 0 Å². The van der Waals surface area contributed by atoms with Crippen molar-refractivity contribution in [3.8, 4) is 5.75 Å². The lowest BCUT2D eigenvalue weighted by molar-refractivity contribution is -0.862. The van der Waals surface area contributed by atoms with Gasteiger partial charge in [-0.15, -0.1) is 0 Å². The van der Waals surface area contributed by atoms with Gasteiger partial charge >= 0.3 is 6.61 Å². The zero-order chi connectivity index (χ0) is 20.5. The summed E-state index contributed by atoms with van der Waals surface area (Å²) in [5, 5.41) is 5.53. The first kappa shape index (κ1) is 21.3.